The van der Waals surface area contributed by atoms with Crippen LogP contribution in [0.15, 0.2) is 29.8 Å². The highest BCUT2D eigenvalue weighted by Crippen LogP contribution is 2.42. The third kappa shape index (κ3) is 3.43. The minimum absolute atomic E-state index is 0.315. The highest BCUT2D eigenvalue weighted by atomic mass is 16.2. The van der Waals surface area contributed by atoms with Crippen molar-refractivity contribution in [2.24, 2.45) is 5.92 Å². The van der Waals surface area contributed by atoms with E-state index in [1.54, 1.807) is 0 Å². The van der Waals surface area contributed by atoms with Crippen LogP contribution in [0.2, 0.25) is 0 Å². The minimum Gasteiger partial charge on any atom is -0.336 e. The fourth-order valence-corrected chi connectivity index (χ4v) is 4.33. The average Bonchev–Trinajstić information content (AvgIpc) is 2.94. The number of amides is 1. The van der Waals surface area contributed by atoms with Crippen molar-refractivity contribution >= 4 is 11.5 Å². The van der Waals surface area contributed by atoms with Crippen molar-refractivity contribution in [2.75, 3.05) is 6.54 Å². The molecule has 2 aliphatic rings. The van der Waals surface area contributed by atoms with E-state index in [0.717, 1.165) is 45.1 Å². The number of carbonyl (C=O) groups is 1. The molecule has 0 N–H and O–H groups in total. The molecular weight excluding hydrogens is 294 g/mol. The van der Waals surface area contributed by atoms with Crippen LogP contribution in [0.1, 0.15) is 70.4 Å². The van der Waals surface area contributed by atoms with Gasteiger partial charge in [0.05, 0.1) is 6.04 Å². The molecule has 0 spiro atoms. The number of hydrogen-bond donors (Lipinski definition) is 0. The lowest BCUT2D eigenvalue weighted by Gasteiger charge is -2.38. The van der Waals surface area contributed by atoms with E-state index in [1.807, 2.05) is 0 Å². The molecule has 0 saturated carbocycles. The molecule has 1 aliphatic heterocycles. The lowest BCUT2D eigenvalue weighted by atomic mass is 9.87. The Labute approximate surface area is 146 Å². The van der Waals surface area contributed by atoms with Gasteiger partial charge in [-0.2, -0.15) is 0 Å². The van der Waals surface area contributed by atoms with E-state index >= 15 is 0 Å². The Morgan fingerprint density at radius 1 is 1.25 bits per heavy atom. The summed E-state index contributed by atoms with van der Waals surface area (Å²) in [5.74, 6) is 0.980. The molecule has 2 nitrogen and oxygen atoms in total. The van der Waals surface area contributed by atoms with Crippen molar-refractivity contribution < 1.29 is 4.79 Å². The molecule has 2 heteroatoms. The molecule has 1 aromatic rings. The Bertz CT molecular complexity index is 629. The first-order valence-corrected chi connectivity index (χ1v) is 9.71. The minimum atomic E-state index is 0.315. The van der Waals surface area contributed by atoms with Crippen LogP contribution in [0.4, 0.5) is 0 Å². The molecule has 1 unspecified atom stereocenters. The van der Waals surface area contributed by atoms with Gasteiger partial charge < -0.3 is 4.90 Å². The molecule has 1 aliphatic carbocycles. The number of unbranched alkanes of at least 4 members (excludes halogenated alkanes) is 2. The first kappa shape index (κ1) is 17.3. The fraction of sp³-hybridized carbons (Fsp3) is 0.591. The third-order valence-electron chi connectivity index (χ3n) is 5.50. The van der Waals surface area contributed by atoms with Crippen molar-refractivity contribution in [3.63, 3.8) is 0 Å². The van der Waals surface area contributed by atoms with Crippen molar-refractivity contribution in [1.82, 2.24) is 4.90 Å². The summed E-state index contributed by atoms with van der Waals surface area (Å²) < 4.78 is 0. The fourth-order valence-electron chi connectivity index (χ4n) is 4.33. The molecule has 0 aromatic heterocycles. The van der Waals surface area contributed by atoms with E-state index in [1.165, 1.54) is 28.7 Å². The number of hydrogen-bond acceptors (Lipinski definition) is 1. The zero-order valence-corrected chi connectivity index (χ0v) is 15.5. The average molecular weight is 325 g/mol. The van der Waals surface area contributed by atoms with E-state index in [-0.39, 0.29) is 0 Å². The summed E-state index contributed by atoms with van der Waals surface area (Å²) in [5, 5.41) is 0. The Balaban J connectivity index is 1.83. The largest absolute Gasteiger partial charge is 0.336 e. The predicted octanol–water partition coefficient (Wildman–Crippen LogP) is 5.22. The summed E-state index contributed by atoms with van der Waals surface area (Å²) in [5.41, 5.74) is 5.96. The molecule has 130 valence electrons. The van der Waals surface area contributed by atoms with Crippen LogP contribution in [-0.4, -0.2) is 23.4 Å². The van der Waals surface area contributed by atoms with Gasteiger partial charge in [-0.3, -0.25) is 4.79 Å². The second kappa shape index (κ2) is 7.55. The monoisotopic (exact) mass is 325 g/mol. The Morgan fingerprint density at radius 3 is 2.79 bits per heavy atom. The van der Waals surface area contributed by atoms with Crippen LogP contribution < -0.4 is 0 Å². The maximum Gasteiger partial charge on any atom is 0.223 e. The van der Waals surface area contributed by atoms with Crippen LogP contribution in [-0.2, 0) is 11.2 Å². The standard InChI is InChI=1S/C22H31NO/c1-4-5-6-11-22(24)23-13-12-19-18-10-8-7-9-17(18)15-20(19)21(23)14-16(2)3/h7-10,16,21H,4-6,11-15H2,1-3H3. The van der Waals surface area contributed by atoms with Crippen LogP contribution >= 0.6 is 0 Å². The van der Waals surface area contributed by atoms with E-state index in [0.29, 0.717) is 17.9 Å². The second-order valence-electron chi connectivity index (χ2n) is 7.78. The lowest BCUT2D eigenvalue weighted by molar-refractivity contribution is -0.133. The number of rotatable bonds is 6. The van der Waals surface area contributed by atoms with Gasteiger partial charge in [-0.1, -0.05) is 57.9 Å². The first-order chi connectivity index (χ1) is 11.6. The smallest absolute Gasteiger partial charge is 0.223 e. The summed E-state index contributed by atoms with van der Waals surface area (Å²) >= 11 is 0. The topological polar surface area (TPSA) is 20.3 Å². The van der Waals surface area contributed by atoms with E-state index in [4.69, 9.17) is 0 Å². The molecule has 0 saturated heterocycles. The molecule has 0 fully saturated rings. The van der Waals surface area contributed by atoms with Gasteiger partial charge in [0.25, 0.3) is 0 Å². The summed E-state index contributed by atoms with van der Waals surface area (Å²) in [7, 11) is 0. The summed E-state index contributed by atoms with van der Waals surface area (Å²) in [6.07, 6.45) is 7.25. The van der Waals surface area contributed by atoms with Gasteiger partial charge in [0.2, 0.25) is 5.91 Å². The zero-order valence-electron chi connectivity index (χ0n) is 15.5. The van der Waals surface area contributed by atoms with Crippen LogP contribution in [0.5, 0.6) is 0 Å². The quantitative estimate of drug-likeness (QED) is 0.656. The summed E-state index contributed by atoms with van der Waals surface area (Å²) in [4.78, 5) is 15.0. The molecule has 1 heterocycles. The van der Waals surface area contributed by atoms with Gasteiger partial charge in [-0.15, -0.1) is 0 Å². The molecule has 0 radical (unpaired) electrons. The highest BCUT2D eigenvalue weighted by molar-refractivity contribution is 5.83. The lowest BCUT2D eigenvalue weighted by Crippen LogP contribution is -2.45. The van der Waals surface area contributed by atoms with E-state index < -0.39 is 0 Å². The zero-order chi connectivity index (χ0) is 17.1. The number of nitrogens with zero attached hydrogens (tertiary/aromatic N) is 1. The second-order valence-corrected chi connectivity index (χ2v) is 7.78. The number of fused-ring (bicyclic) bond motifs is 2. The molecule has 1 amide bonds. The van der Waals surface area contributed by atoms with Crippen molar-refractivity contribution in [2.45, 2.75) is 71.8 Å². The van der Waals surface area contributed by atoms with Gasteiger partial charge in [0.1, 0.15) is 0 Å². The summed E-state index contributed by atoms with van der Waals surface area (Å²) in [6.45, 7) is 7.64. The Kier molecular flexibility index (Phi) is 5.43. The predicted molar refractivity (Wildman–Crippen MR) is 101 cm³/mol. The Morgan fingerprint density at radius 2 is 2.04 bits per heavy atom. The molecule has 1 atom stereocenters. The van der Waals surface area contributed by atoms with E-state index in [2.05, 4.69) is 49.9 Å². The number of benzene rings is 1. The van der Waals surface area contributed by atoms with Gasteiger partial charge in [0.15, 0.2) is 0 Å². The maximum absolute atomic E-state index is 12.8. The normalized spacial score (nSPS) is 19.7. The van der Waals surface area contributed by atoms with Crippen molar-refractivity contribution in [1.29, 1.82) is 0 Å². The van der Waals surface area contributed by atoms with Crippen LogP contribution in [0, 0.1) is 5.92 Å². The van der Waals surface area contributed by atoms with Crippen molar-refractivity contribution in [3.05, 3.63) is 41.0 Å². The van der Waals surface area contributed by atoms with Gasteiger partial charge in [-0.05, 0) is 53.9 Å². The van der Waals surface area contributed by atoms with Gasteiger partial charge >= 0.3 is 0 Å². The molecular formula is C22H31NO. The molecule has 1 aromatic carbocycles. The molecule has 3 rings (SSSR count). The third-order valence-corrected chi connectivity index (χ3v) is 5.50. The highest BCUT2D eigenvalue weighted by Gasteiger charge is 2.36. The maximum atomic E-state index is 12.8. The SMILES string of the molecule is CCCCCC(=O)N1CCC2=C(Cc3ccccc32)C1CC(C)C. The van der Waals surface area contributed by atoms with E-state index in [9.17, 15) is 4.79 Å². The van der Waals surface area contributed by atoms with Gasteiger partial charge in [0, 0.05) is 13.0 Å². The molecule has 24 heavy (non-hydrogen) atoms. The van der Waals surface area contributed by atoms with Crippen LogP contribution in [0.25, 0.3) is 5.57 Å². The summed E-state index contributed by atoms with van der Waals surface area (Å²) in [6, 6.07) is 9.13. The van der Waals surface area contributed by atoms with Crippen molar-refractivity contribution in [3.8, 4) is 0 Å². The van der Waals surface area contributed by atoms with Crippen LogP contribution in [0.3, 0.4) is 0 Å². The van der Waals surface area contributed by atoms with Gasteiger partial charge in [-0.25, -0.2) is 0 Å². The molecule has 0 bridgehead atoms. The first-order valence-electron chi connectivity index (χ1n) is 9.71. The number of carbonyl (C=O) groups excluding carboxylic acids is 1. The Hall–Kier alpha value is -1.57.